The summed E-state index contributed by atoms with van der Waals surface area (Å²) in [5.74, 6) is -0.205. The third kappa shape index (κ3) is 8.49. The Kier molecular flexibility index (Phi) is 11.0. The van der Waals surface area contributed by atoms with Gasteiger partial charge in [-0.1, -0.05) is 51.0 Å². The number of hydrogen-bond donors (Lipinski definition) is 4. The molecule has 0 unspecified atom stereocenters. The van der Waals surface area contributed by atoms with E-state index < -0.39 is 17.5 Å². The molecule has 0 radical (unpaired) electrons. The third-order valence-electron chi connectivity index (χ3n) is 8.30. The van der Waals surface area contributed by atoms with Gasteiger partial charge in [-0.3, -0.25) is 19.2 Å². The SMILES string of the molecule is COc1cccc(CCCNC(=O)[C@@H]2CCC(=O)NC3(CCCC3)C(=O)N[C@H](C(C)C)COc3ccccc3C(=O)N2)c1. The van der Waals surface area contributed by atoms with Gasteiger partial charge in [0.2, 0.25) is 17.7 Å². The Balaban J connectivity index is 1.51. The van der Waals surface area contributed by atoms with Crippen molar-refractivity contribution in [3.05, 3.63) is 59.7 Å². The van der Waals surface area contributed by atoms with Crippen LogP contribution in [0.25, 0.3) is 0 Å². The molecule has 2 aliphatic rings. The van der Waals surface area contributed by atoms with Crippen LogP contribution in [0, 0.1) is 5.92 Å². The molecular formula is C33H44N4O6. The van der Waals surface area contributed by atoms with Crippen LogP contribution in [0.5, 0.6) is 11.5 Å². The van der Waals surface area contributed by atoms with Crippen molar-refractivity contribution in [3.63, 3.8) is 0 Å². The number of ether oxygens (including phenoxy) is 2. The molecule has 0 bridgehead atoms. The van der Waals surface area contributed by atoms with E-state index in [9.17, 15) is 19.2 Å². The number of amides is 4. The van der Waals surface area contributed by atoms with Crippen LogP contribution in [0.1, 0.15) is 74.7 Å². The lowest BCUT2D eigenvalue weighted by Crippen LogP contribution is -2.60. The number of fused-ring (bicyclic) bond motifs is 1. The minimum Gasteiger partial charge on any atom is -0.497 e. The lowest BCUT2D eigenvalue weighted by atomic mass is 9.94. The van der Waals surface area contributed by atoms with Crippen molar-refractivity contribution < 1.29 is 28.7 Å². The van der Waals surface area contributed by atoms with Gasteiger partial charge in [0.1, 0.15) is 29.7 Å². The fraction of sp³-hybridized carbons (Fsp3) is 0.515. The summed E-state index contributed by atoms with van der Waals surface area (Å²) in [5.41, 5.74) is 0.371. The molecule has 0 aromatic heterocycles. The van der Waals surface area contributed by atoms with E-state index in [1.165, 1.54) is 0 Å². The Morgan fingerprint density at radius 2 is 1.84 bits per heavy atom. The fourth-order valence-corrected chi connectivity index (χ4v) is 5.62. The van der Waals surface area contributed by atoms with Gasteiger partial charge in [-0.15, -0.1) is 0 Å². The van der Waals surface area contributed by atoms with Gasteiger partial charge >= 0.3 is 0 Å². The standard InChI is InChI=1S/C33H44N4O6/c1-22(2)27-21-43-28-14-5-4-13-25(28)30(39)35-26(15-16-29(38)37-33(32(41)36-27)17-6-7-18-33)31(40)34-19-9-11-23-10-8-12-24(20-23)42-3/h4-5,8,10,12-14,20,22,26-27H,6-7,9,11,15-19,21H2,1-3H3,(H,34,40)(H,35,39)(H,36,41)(H,37,38)/t26-,27-/m0/s1. The number of nitrogens with one attached hydrogen (secondary N) is 4. The van der Waals surface area contributed by atoms with E-state index >= 15 is 0 Å². The van der Waals surface area contributed by atoms with E-state index in [-0.39, 0.29) is 54.7 Å². The number of para-hydroxylation sites is 1. The largest absolute Gasteiger partial charge is 0.497 e. The lowest BCUT2D eigenvalue weighted by molar-refractivity contribution is -0.134. The fourth-order valence-electron chi connectivity index (χ4n) is 5.62. The van der Waals surface area contributed by atoms with Gasteiger partial charge < -0.3 is 30.7 Å². The van der Waals surface area contributed by atoms with Crippen LogP contribution in [-0.4, -0.2) is 61.5 Å². The molecule has 4 amide bonds. The first-order chi connectivity index (χ1) is 20.7. The Hall–Kier alpha value is -4.08. The molecule has 1 aliphatic heterocycles. The number of carbonyl (C=O) groups is 4. The van der Waals surface area contributed by atoms with E-state index in [0.29, 0.717) is 31.6 Å². The van der Waals surface area contributed by atoms with Crippen LogP contribution in [-0.2, 0) is 20.8 Å². The highest BCUT2D eigenvalue weighted by Gasteiger charge is 2.43. The summed E-state index contributed by atoms with van der Waals surface area (Å²) in [6.07, 6.45) is 4.24. The Bertz CT molecular complexity index is 1290. The minimum absolute atomic E-state index is 0.0248. The van der Waals surface area contributed by atoms with Gasteiger partial charge in [0.25, 0.3) is 5.91 Å². The average molecular weight is 593 g/mol. The second kappa shape index (κ2) is 14.9. The monoisotopic (exact) mass is 592 g/mol. The van der Waals surface area contributed by atoms with E-state index in [4.69, 9.17) is 9.47 Å². The summed E-state index contributed by atoms with van der Waals surface area (Å²) < 4.78 is 11.4. The first-order valence-electron chi connectivity index (χ1n) is 15.3. The summed E-state index contributed by atoms with van der Waals surface area (Å²) in [4.78, 5) is 53.5. The van der Waals surface area contributed by atoms with Crippen LogP contribution in [0.4, 0.5) is 0 Å². The molecule has 2 aromatic carbocycles. The van der Waals surface area contributed by atoms with Crippen molar-refractivity contribution >= 4 is 23.6 Å². The highest BCUT2D eigenvalue weighted by atomic mass is 16.5. The first-order valence-corrected chi connectivity index (χ1v) is 15.3. The maximum Gasteiger partial charge on any atom is 0.255 e. The molecule has 43 heavy (non-hydrogen) atoms. The van der Waals surface area contributed by atoms with E-state index in [2.05, 4.69) is 21.3 Å². The zero-order valence-electron chi connectivity index (χ0n) is 25.4. The van der Waals surface area contributed by atoms with Crippen molar-refractivity contribution in [2.75, 3.05) is 20.3 Å². The second-order valence-corrected chi connectivity index (χ2v) is 11.8. The van der Waals surface area contributed by atoms with Gasteiger partial charge in [0, 0.05) is 13.0 Å². The van der Waals surface area contributed by atoms with Gasteiger partial charge in [0.15, 0.2) is 0 Å². The zero-order chi connectivity index (χ0) is 30.8. The second-order valence-electron chi connectivity index (χ2n) is 11.8. The van der Waals surface area contributed by atoms with Crippen LogP contribution < -0.4 is 30.7 Å². The predicted octanol–water partition coefficient (Wildman–Crippen LogP) is 3.29. The maximum atomic E-state index is 13.6. The van der Waals surface area contributed by atoms with Crippen LogP contribution in [0.3, 0.4) is 0 Å². The van der Waals surface area contributed by atoms with Crippen molar-refractivity contribution in [2.45, 2.75) is 82.8 Å². The molecule has 1 saturated carbocycles. The van der Waals surface area contributed by atoms with Crippen molar-refractivity contribution in [2.24, 2.45) is 5.92 Å². The molecule has 10 nitrogen and oxygen atoms in total. The zero-order valence-corrected chi connectivity index (χ0v) is 25.4. The Morgan fingerprint density at radius 1 is 1.07 bits per heavy atom. The number of hydrogen-bond acceptors (Lipinski definition) is 6. The molecule has 4 N–H and O–H groups in total. The molecule has 0 saturated heterocycles. The minimum atomic E-state index is -0.997. The molecule has 2 aromatic rings. The van der Waals surface area contributed by atoms with Crippen molar-refractivity contribution in [3.8, 4) is 11.5 Å². The van der Waals surface area contributed by atoms with Crippen LogP contribution in [0.2, 0.25) is 0 Å². The summed E-state index contributed by atoms with van der Waals surface area (Å²) >= 11 is 0. The van der Waals surface area contributed by atoms with E-state index in [1.54, 1.807) is 31.4 Å². The van der Waals surface area contributed by atoms with E-state index in [1.807, 2.05) is 38.1 Å². The molecule has 1 fully saturated rings. The summed E-state index contributed by atoms with van der Waals surface area (Å²) in [5, 5.41) is 11.8. The van der Waals surface area contributed by atoms with Crippen LogP contribution in [0.15, 0.2) is 48.5 Å². The normalized spacial score (nSPS) is 21.0. The third-order valence-corrected chi connectivity index (χ3v) is 8.30. The highest BCUT2D eigenvalue weighted by Crippen LogP contribution is 2.31. The number of carbonyl (C=O) groups excluding carboxylic acids is 4. The van der Waals surface area contributed by atoms with Gasteiger partial charge in [-0.2, -0.15) is 0 Å². The molecule has 1 aliphatic carbocycles. The smallest absolute Gasteiger partial charge is 0.255 e. The molecule has 232 valence electrons. The van der Waals surface area contributed by atoms with Crippen molar-refractivity contribution in [1.29, 1.82) is 0 Å². The van der Waals surface area contributed by atoms with Crippen LogP contribution >= 0.6 is 0 Å². The number of aryl methyl sites for hydroxylation is 1. The number of methoxy groups -OCH3 is 1. The topological polar surface area (TPSA) is 135 Å². The first kappa shape index (κ1) is 31.8. The van der Waals surface area contributed by atoms with Gasteiger partial charge in [0.05, 0.1) is 18.7 Å². The summed E-state index contributed by atoms with van der Waals surface area (Å²) in [7, 11) is 1.62. The number of benzene rings is 2. The Morgan fingerprint density at radius 3 is 2.58 bits per heavy atom. The van der Waals surface area contributed by atoms with Gasteiger partial charge in [-0.05, 0) is 67.9 Å². The molecule has 2 atom stereocenters. The van der Waals surface area contributed by atoms with Gasteiger partial charge in [-0.25, -0.2) is 0 Å². The predicted molar refractivity (Wildman–Crippen MR) is 163 cm³/mol. The lowest BCUT2D eigenvalue weighted by Gasteiger charge is -2.32. The van der Waals surface area contributed by atoms with E-state index in [0.717, 1.165) is 30.6 Å². The quantitative estimate of drug-likeness (QED) is 0.365. The molecule has 1 spiro atoms. The maximum absolute atomic E-state index is 13.6. The molecular weight excluding hydrogens is 548 g/mol. The summed E-state index contributed by atoms with van der Waals surface area (Å²) in [6.45, 7) is 4.52. The Labute approximate surface area is 253 Å². The number of rotatable bonds is 7. The molecule has 10 heteroatoms. The summed E-state index contributed by atoms with van der Waals surface area (Å²) in [6, 6.07) is 13.3. The highest BCUT2D eigenvalue weighted by molar-refractivity contribution is 6.00. The molecule has 1 heterocycles. The molecule has 4 rings (SSSR count). The average Bonchev–Trinajstić information content (AvgIpc) is 3.48. The van der Waals surface area contributed by atoms with Crippen molar-refractivity contribution in [1.82, 2.24) is 21.3 Å².